The molecule has 3 aromatic carbocycles. The molecule has 4 rings (SSSR count). The molecule has 0 unspecified atom stereocenters. The molecule has 0 aliphatic carbocycles. The van der Waals surface area contributed by atoms with Crippen LogP contribution in [0.2, 0.25) is 0 Å². The van der Waals surface area contributed by atoms with E-state index in [4.69, 9.17) is 28.0 Å². The summed E-state index contributed by atoms with van der Waals surface area (Å²) in [5.41, 5.74) is 0. The number of rotatable bonds is 1. The van der Waals surface area contributed by atoms with Crippen molar-refractivity contribution in [2.24, 2.45) is 0 Å². The first-order valence-electron chi connectivity index (χ1n) is 10.4. The monoisotopic (exact) mass is 456 g/mol. The summed E-state index contributed by atoms with van der Waals surface area (Å²) >= 11 is 0. The Labute approximate surface area is 187 Å². The van der Waals surface area contributed by atoms with Gasteiger partial charge < -0.3 is 28.0 Å². The third-order valence-corrected chi connectivity index (χ3v) is 6.35. The van der Waals surface area contributed by atoms with E-state index >= 15 is 0 Å². The second kappa shape index (κ2) is 11.0. The van der Waals surface area contributed by atoms with E-state index in [1.54, 1.807) is 60.7 Å². The van der Waals surface area contributed by atoms with Crippen molar-refractivity contribution in [1.29, 1.82) is 0 Å². The molecule has 0 amide bonds. The van der Waals surface area contributed by atoms with Gasteiger partial charge in [-0.2, -0.15) is 0 Å². The van der Waals surface area contributed by atoms with Crippen LogP contribution >= 0.6 is 7.60 Å². The molecule has 0 saturated heterocycles. The number of para-hydroxylation sites is 4. The lowest BCUT2D eigenvalue weighted by Gasteiger charge is -2.22. The molecule has 0 aromatic heterocycles. The van der Waals surface area contributed by atoms with E-state index in [0.717, 1.165) is 0 Å². The molecule has 0 saturated carbocycles. The summed E-state index contributed by atoms with van der Waals surface area (Å²) in [6, 6.07) is 22.9. The average Bonchev–Trinajstić information content (AvgIpc) is 2.82. The van der Waals surface area contributed by atoms with Crippen molar-refractivity contribution < 1.29 is 32.6 Å². The first kappa shape index (κ1) is 22.2. The zero-order valence-electron chi connectivity index (χ0n) is 17.6. The quantitative estimate of drug-likeness (QED) is 0.501. The Balaban J connectivity index is 1.71. The van der Waals surface area contributed by atoms with Crippen LogP contribution in [0.4, 0.5) is 0 Å². The van der Waals surface area contributed by atoms with Crippen LogP contribution in [0.15, 0.2) is 78.9 Å². The molecule has 7 nitrogen and oxygen atoms in total. The lowest BCUT2D eigenvalue weighted by molar-refractivity contribution is 0.0272. The number of benzene rings is 3. The highest BCUT2D eigenvalue weighted by Crippen LogP contribution is 2.51. The predicted molar refractivity (Wildman–Crippen MR) is 120 cm³/mol. The van der Waals surface area contributed by atoms with E-state index in [9.17, 15) is 4.57 Å². The molecule has 32 heavy (non-hydrogen) atoms. The SMILES string of the molecule is O=P1(c2ccccc2)Oc2ccccc2OCCOCCOCCOc2ccccc2O1. The van der Waals surface area contributed by atoms with Gasteiger partial charge in [0.15, 0.2) is 23.0 Å². The van der Waals surface area contributed by atoms with Gasteiger partial charge >= 0.3 is 7.60 Å². The second-order valence-corrected chi connectivity index (χ2v) is 8.71. The number of hydrogen-bond donors (Lipinski definition) is 0. The van der Waals surface area contributed by atoms with Crippen molar-refractivity contribution in [2.75, 3.05) is 39.6 Å². The summed E-state index contributed by atoms with van der Waals surface area (Å²) in [6.07, 6.45) is 0. The average molecular weight is 456 g/mol. The topological polar surface area (TPSA) is 72.5 Å². The molecule has 168 valence electrons. The highest BCUT2D eigenvalue weighted by atomic mass is 31.2. The Hall–Kier alpha value is -2.99. The molecule has 0 radical (unpaired) electrons. The number of fused-ring (bicyclic) bond motifs is 2. The minimum Gasteiger partial charge on any atom is -0.487 e. The maximum atomic E-state index is 14.1. The van der Waals surface area contributed by atoms with Gasteiger partial charge in [-0.1, -0.05) is 42.5 Å². The Morgan fingerprint density at radius 2 is 0.906 bits per heavy atom. The van der Waals surface area contributed by atoms with Crippen LogP contribution in [0.3, 0.4) is 0 Å². The summed E-state index contributed by atoms with van der Waals surface area (Å²) in [5, 5.41) is 0.411. The van der Waals surface area contributed by atoms with Crippen LogP contribution in [0.1, 0.15) is 0 Å². The molecule has 0 atom stereocenters. The second-order valence-electron chi connectivity index (χ2n) is 6.83. The zero-order valence-corrected chi connectivity index (χ0v) is 18.4. The van der Waals surface area contributed by atoms with Crippen LogP contribution in [0.5, 0.6) is 23.0 Å². The lowest BCUT2D eigenvalue weighted by Crippen LogP contribution is -2.15. The highest BCUT2D eigenvalue weighted by Gasteiger charge is 2.33. The van der Waals surface area contributed by atoms with Crippen LogP contribution in [0, 0.1) is 0 Å². The lowest BCUT2D eigenvalue weighted by atomic mass is 10.3. The fourth-order valence-corrected chi connectivity index (χ4v) is 4.63. The molecule has 0 fully saturated rings. The van der Waals surface area contributed by atoms with Gasteiger partial charge in [-0.05, 0) is 36.4 Å². The standard InChI is InChI=1S/C24H25O7P/c25-32(20-8-2-1-3-9-20)30-23-12-6-4-10-21(23)28-18-16-26-14-15-27-17-19-29-22-11-5-7-13-24(22)31-32/h1-13H,14-19H2. The van der Waals surface area contributed by atoms with Gasteiger partial charge in [0.25, 0.3) is 0 Å². The molecular formula is C24H25O7P. The van der Waals surface area contributed by atoms with E-state index in [2.05, 4.69) is 0 Å². The van der Waals surface area contributed by atoms with Gasteiger partial charge in [0.05, 0.1) is 31.7 Å². The minimum atomic E-state index is -3.86. The Morgan fingerprint density at radius 3 is 1.41 bits per heavy atom. The van der Waals surface area contributed by atoms with E-state index < -0.39 is 7.60 Å². The smallest absolute Gasteiger partial charge is 0.463 e. The van der Waals surface area contributed by atoms with Gasteiger partial charge in [0.1, 0.15) is 13.2 Å². The van der Waals surface area contributed by atoms with E-state index in [1.165, 1.54) is 0 Å². The Kier molecular flexibility index (Phi) is 7.67. The summed E-state index contributed by atoms with van der Waals surface area (Å²) < 4.78 is 48.9. The molecule has 0 N–H and O–H groups in total. The molecular weight excluding hydrogens is 431 g/mol. The van der Waals surface area contributed by atoms with Gasteiger partial charge in [0, 0.05) is 0 Å². The fraction of sp³-hybridized carbons (Fsp3) is 0.250. The first-order chi connectivity index (χ1) is 15.7. The fourth-order valence-electron chi connectivity index (χ4n) is 3.03. The van der Waals surface area contributed by atoms with Crippen molar-refractivity contribution in [1.82, 2.24) is 0 Å². The van der Waals surface area contributed by atoms with Gasteiger partial charge in [0.2, 0.25) is 0 Å². The molecule has 1 heterocycles. The van der Waals surface area contributed by atoms with Crippen molar-refractivity contribution >= 4 is 12.9 Å². The summed E-state index contributed by atoms with van der Waals surface area (Å²) in [6.45, 7) is 2.28. The van der Waals surface area contributed by atoms with Crippen molar-refractivity contribution in [3.63, 3.8) is 0 Å². The van der Waals surface area contributed by atoms with Crippen LogP contribution < -0.4 is 23.8 Å². The predicted octanol–water partition coefficient (Wildman–Crippen LogP) is 4.47. The largest absolute Gasteiger partial charge is 0.487 e. The summed E-state index contributed by atoms with van der Waals surface area (Å²) in [7, 11) is -3.86. The third kappa shape index (κ3) is 5.82. The van der Waals surface area contributed by atoms with E-state index in [1.807, 2.05) is 18.2 Å². The first-order valence-corrected chi connectivity index (χ1v) is 11.9. The third-order valence-electron chi connectivity index (χ3n) is 4.55. The Morgan fingerprint density at radius 1 is 0.500 bits per heavy atom. The van der Waals surface area contributed by atoms with Crippen molar-refractivity contribution in [3.05, 3.63) is 78.9 Å². The normalized spacial score (nSPS) is 17.1. The van der Waals surface area contributed by atoms with Gasteiger partial charge in [-0.3, -0.25) is 0 Å². The van der Waals surface area contributed by atoms with Crippen LogP contribution in [-0.2, 0) is 14.0 Å². The van der Waals surface area contributed by atoms with Crippen LogP contribution in [0.25, 0.3) is 0 Å². The molecule has 0 bridgehead atoms. The molecule has 3 aromatic rings. The molecule has 1 aliphatic heterocycles. The van der Waals surface area contributed by atoms with Gasteiger partial charge in [-0.25, -0.2) is 4.57 Å². The molecule has 0 spiro atoms. The van der Waals surface area contributed by atoms with Crippen molar-refractivity contribution in [3.8, 4) is 23.0 Å². The van der Waals surface area contributed by atoms with Crippen LogP contribution in [-0.4, -0.2) is 39.6 Å². The maximum absolute atomic E-state index is 14.1. The zero-order chi connectivity index (χ0) is 22.1. The molecule has 8 heteroatoms. The van der Waals surface area contributed by atoms with Gasteiger partial charge in [-0.15, -0.1) is 0 Å². The van der Waals surface area contributed by atoms with Crippen molar-refractivity contribution in [2.45, 2.75) is 0 Å². The number of ether oxygens (including phenoxy) is 4. The highest BCUT2D eigenvalue weighted by molar-refractivity contribution is 7.63. The summed E-state index contributed by atoms with van der Waals surface area (Å²) in [4.78, 5) is 0. The minimum absolute atomic E-state index is 0.308. The maximum Gasteiger partial charge on any atom is 0.463 e. The summed E-state index contributed by atoms with van der Waals surface area (Å²) in [5.74, 6) is 1.51. The van der Waals surface area contributed by atoms with E-state index in [0.29, 0.717) is 67.9 Å². The van der Waals surface area contributed by atoms with E-state index in [-0.39, 0.29) is 0 Å². The number of hydrogen-bond acceptors (Lipinski definition) is 7. The molecule has 1 aliphatic rings. The Bertz CT molecular complexity index is 980.